The van der Waals surface area contributed by atoms with E-state index in [9.17, 15) is 18.4 Å². The number of hydrogen-bond donors (Lipinski definition) is 1. The van der Waals surface area contributed by atoms with Crippen LogP contribution in [0.5, 0.6) is 0 Å². The Labute approximate surface area is 186 Å². The molecular formula is C24H28F2N2O2S. The van der Waals surface area contributed by atoms with E-state index in [1.54, 1.807) is 36.1 Å². The van der Waals surface area contributed by atoms with E-state index in [1.807, 2.05) is 0 Å². The topological polar surface area (TPSA) is 49.4 Å². The molecule has 1 fully saturated rings. The summed E-state index contributed by atoms with van der Waals surface area (Å²) in [6, 6.07) is 11.7. The molecule has 166 valence electrons. The Morgan fingerprint density at radius 3 is 2.13 bits per heavy atom. The quantitative estimate of drug-likeness (QED) is 0.609. The number of amides is 2. The number of nitrogens with zero attached hydrogens (tertiary/aromatic N) is 1. The summed E-state index contributed by atoms with van der Waals surface area (Å²) >= 11 is 1.42. The lowest BCUT2D eigenvalue weighted by Crippen LogP contribution is -2.50. The second-order valence-corrected chi connectivity index (χ2v) is 8.92. The van der Waals surface area contributed by atoms with Crippen molar-refractivity contribution in [1.29, 1.82) is 0 Å². The molecule has 0 radical (unpaired) electrons. The number of thioether (sulfide) groups is 1. The second-order valence-electron chi connectivity index (χ2n) is 7.93. The van der Waals surface area contributed by atoms with Gasteiger partial charge in [-0.05, 0) is 55.2 Å². The van der Waals surface area contributed by atoms with Crippen LogP contribution in [0.3, 0.4) is 0 Å². The van der Waals surface area contributed by atoms with Gasteiger partial charge in [0.05, 0.1) is 5.75 Å². The summed E-state index contributed by atoms with van der Waals surface area (Å²) in [6.07, 6.45) is 4.16. The molecule has 3 rings (SSSR count). The number of carbonyl (C=O) groups is 2. The van der Waals surface area contributed by atoms with Crippen LogP contribution in [-0.4, -0.2) is 34.6 Å². The maximum atomic E-state index is 13.3. The molecule has 7 heteroatoms. The molecule has 2 aromatic rings. The molecule has 1 unspecified atom stereocenters. The fourth-order valence-electron chi connectivity index (χ4n) is 3.68. The van der Waals surface area contributed by atoms with Crippen LogP contribution >= 0.6 is 11.8 Å². The summed E-state index contributed by atoms with van der Waals surface area (Å²) in [6.45, 7) is 1.96. The van der Waals surface area contributed by atoms with Crippen molar-refractivity contribution in [2.24, 2.45) is 0 Å². The van der Waals surface area contributed by atoms with Crippen molar-refractivity contribution >= 4 is 23.6 Å². The zero-order valence-corrected chi connectivity index (χ0v) is 18.5. The summed E-state index contributed by atoms with van der Waals surface area (Å²) in [4.78, 5) is 27.4. The summed E-state index contributed by atoms with van der Waals surface area (Å²) in [5.41, 5.74) is 1.69. The molecule has 1 aliphatic carbocycles. The zero-order chi connectivity index (χ0) is 22.2. The first kappa shape index (κ1) is 23.3. The van der Waals surface area contributed by atoms with Gasteiger partial charge in [0, 0.05) is 18.3 Å². The molecule has 2 amide bonds. The van der Waals surface area contributed by atoms with Crippen LogP contribution in [0.2, 0.25) is 0 Å². The van der Waals surface area contributed by atoms with E-state index in [-0.39, 0.29) is 41.8 Å². The van der Waals surface area contributed by atoms with E-state index in [0.29, 0.717) is 5.75 Å². The summed E-state index contributed by atoms with van der Waals surface area (Å²) in [7, 11) is 0. The molecule has 0 heterocycles. The standard InChI is InChI=1S/C24H28F2N2O2S/c1-17(24(30)27-22-4-2-3-5-22)28(14-18-6-10-20(25)11-7-18)23(29)16-31-15-19-8-12-21(26)13-9-19/h6-13,17,22H,2-5,14-16H2,1H3,(H,27,30). The minimum absolute atomic E-state index is 0.161. The van der Waals surface area contributed by atoms with Gasteiger partial charge in [-0.1, -0.05) is 37.1 Å². The Balaban J connectivity index is 1.64. The normalized spacial score (nSPS) is 14.9. The minimum atomic E-state index is -0.635. The van der Waals surface area contributed by atoms with Crippen molar-refractivity contribution in [3.8, 4) is 0 Å². The van der Waals surface area contributed by atoms with Gasteiger partial charge in [0.25, 0.3) is 0 Å². The van der Waals surface area contributed by atoms with Crippen LogP contribution in [0.4, 0.5) is 8.78 Å². The van der Waals surface area contributed by atoms with Crippen LogP contribution in [0.25, 0.3) is 0 Å². The van der Waals surface area contributed by atoms with Gasteiger partial charge in [-0.3, -0.25) is 9.59 Å². The average molecular weight is 447 g/mol. The van der Waals surface area contributed by atoms with Gasteiger partial charge >= 0.3 is 0 Å². The Hall–Kier alpha value is -2.41. The largest absolute Gasteiger partial charge is 0.352 e. The molecule has 2 aromatic carbocycles. The van der Waals surface area contributed by atoms with Gasteiger partial charge in [-0.25, -0.2) is 8.78 Å². The molecular weight excluding hydrogens is 418 g/mol. The molecule has 4 nitrogen and oxygen atoms in total. The maximum absolute atomic E-state index is 13.3. The lowest BCUT2D eigenvalue weighted by atomic mass is 10.1. The number of halogens is 2. The first-order chi connectivity index (χ1) is 14.9. The highest BCUT2D eigenvalue weighted by atomic mass is 32.2. The lowest BCUT2D eigenvalue weighted by Gasteiger charge is -2.29. The van der Waals surface area contributed by atoms with E-state index in [1.165, 1.54) is 36.0 Å². The lowest BCUT2D eigenvalue weighted by molar-refractivity contribution is -0.138. The van der Waals surface area contributed by atoms with Crippen LogP contribution in [-0.2, 0) is 21.9 Å². The Morgan fingerprint density at radius 1 is 1.00 bits per heavy atom. The predicted molar refractivity (Wildman–Crippen MR) is 119 cm³/mol. The van der Waals surface area contributed by atoms with Crippen LogP contribution in [0, 0.1) is 11.6 Å². The number of benzene rings is 2. The molecule has 1 atom stereocenters. The highest BCUT2D eigenvalue weighted by Gasteiger charge is 2.28. The second kappa shape index (κ2) is 11.3. The molecule has 0 spiro atoms. The summed E-state index contributed by atoms with van der Waals surface area (Å²) in [5, 5.41) is 3.06. The third-order valence-electron chi connectivity index (χ3n) is 5.54. The minimum Gasteiger partial charge on any atom is -0.352 e. The van der Waals surface area contributed by atoms with E-state index in [4.69, 9.17) is 0 Å². The first-order valence-electron chi connectivity index (χ1n) is 10.6. The van der Waals surface area contributed by atoms with Gasteiger partial charge in [0.15, 0.2) is 0 Å². The van der Waals surface area contributed by atoms with E-state index in [2.05, 4.69) is 5.32 Å². The van der Waals surface area contributed by atoms with Crippen molar-refractivity contribution < 1.29 is 18.4 Å². The van der Waals surface area contributed by atoms with Gasteiger partial charge in [0.1, 0.15) is 17.7 Å². The fraction of sp³-hybridized carbons (Fsp3) is 0.417. The van der Waals surface area contributed by atoms with Crippen molar-refractivity contribution in [3.05, 3.63) is 71.3 Å². The van der Waals surface area contributed by atoms with Gasteiger partial charge in [-0.2, -0.15) is 0 Å². The third-order valence-corrected chi connectivity index (χ3v) is 6.53. The number of nitrogens with one attached hydrogen (secondary N) is 1. The average Bonchev–Trinajstić information content (AvgIpc) is 3.27. The van der Waals surface area contributed by atoms with Crippen molar-refractivity contribution in [1.82, 2.24) is 10.2 Å². The molecule has 1 N–H and O–H groups in total. The van der Waals surface area contributed by atoms with Crippen LogP contribution in [0.1, 0.15) is 43.7 Å². The summed E-state index contributed by atoms with van der Waals surface area (Å²) < 4.78 is 26.3. The molecule has 1 aliphatic rings. The van der Waals surface area contributed by atoms with E-state index in [0.717, 1.165) is 36.8 Å². The molecule has 0 aliphatic heterocycles. The van der Waals surface area contributed by atoms with E-state index >= 15 is 0 Å². The van der Waals surface area contributed by atoms with Gasteiger partial charge in [-0.15, -0.1) is 11.8 Å². The smallest absolute Gasteiger partial charge is 0.242 e. The Kier molecular flexibility index (Phi) is 8.46. The predicted octanol–water partition coefficient (Wildman–Crippen LogP) is 4.67. The monoisotopic (exact) mass is 446 g/mol. The van der Waals surface area contributed by atoms with Gasteiger partial charge in [0.2, 0.25) is 11.8 Å². The third kappa shape index (κ3) is 7.06. The van der Waals surface area contributed by atoms with E-state index < -0.39 is 6.04 Å². The van der Waals surface area contributed by atoms with Crippen molar-refractivity contribution in [2.45, 2.75) is 57.0 Å². The van der Waals surface area contributed by atoms with Crippen LogP contribution in [0.15, 0.2) is 48.5 Å². The van der Waals surface area contributed by atoms with Crippen molar-refractivity contribution in [3.63, 3.8) is 0 Å². The highest BCUT2D eigenvalue weighted by molar-refractivity contribution is 7.99. The van der Waals surface area contributed by atoms with Gasteiger partial charge < -0.3 is 10.2 Å². The molecule has 0 bridgehead atoms. The zero-order valence-electron chi connectivity index (χ0n) is 17.7. The SMILES string of the molecule is CC(C(=O)NC1CCCC1)N(Cc1ccc(F)cc1)C(=O)CSCc1ccc(F)cc1. The Bertz CT molecular complexity index is 868. The molecule has 31 heavy (non-hydrogen) atoms. The maximum Gasteiger partial charge on any atom is 0.242 e. The van der Waals surface area contributed by atoms with Crippen molar-refractivity contribution in [2.75, 3.05) is 5.75 Å². The first-order valence-corrected chi connectivity index (χ1v) is 11.7. The molecule has 0 aromatic heterocycles. The fourth-order valence-corrected chi connectivity index (χ4v) is 4.55. The molecule has 1 saturated carbocycles. The Morgan fingerprint density at radius 2 is 1.55 bits per heavy atom. The number of carbonyl (C=O) groups excluding carboxylic acids is 2. The van der Waals surface area contributed by atoms with Crippen LogP contribution < -0.4 is 5.32 Å². The summed E-state index contributed by atoms with van der Waals surface area (Å²) in [5.74, 6) is -0.198. The highest BCUT2D eigenvalue weighted by Crippen LogP contribution is 2.20. The number of rotatable bonds is 9. The molecule has 0 saturated heterocycles. The number of hydrogen-bond acceptors (Lipinski definition) is 3.